The van der Waals surface area contributed by atoms with E-state index in [9.17, 15) is 5.11 Å². The van der Waals surface area contributed by atoms with Crippen LogP contribution in [0, 0.1) is 0 Å². The molecule has 4 heteroatoms. The smallest absolute Gasteiger partial charge is 0.120 e. The summed E-state index contributed by atoms with van der Waals surface area (Å²) in [7, 11) is 0. The molecule has 2 saturated heterocycles. The summed E-state index contributed by atoms with van der Waals surface area (Å²) in [5, 5.41) is 10.2. The molecule has 20 heavy (non-hydrogen) atoms. The average molecular weight is 339 g/mol. The zero-order valence-corrected chi connectivity index (χ0v) is 13.8. The maximum absolute atomic E-state index is 10.2. The van der Waals surface area contributed by atoms with Crippen LogP contribution in [-0.2, 0) is 0 Å². The molecule has 0 amide bonds. The Balaban J connectivity index is 1.82. The Morgan fingerprint density at radius 1 is 1.35 bits per heavy atom. The van der Waals surface area contributed by atoms with E-state index in [0.29, 0.717) is 17.8 Å². The largest absolute Gasteiger partial charge is 0.508 e. The molecule has 1 N–H and O–H groups in total. The number of hydrogen-bond donors (Lipinski definition) is 1. The lowest BCUT2D eigenvalue weighted by atomic mass is 10.00. The number of benzene rings is 1. The van der Waals surface area contributed by atoms with Crippen molar-refractivity contribution >= 4 is 15.9 Å². The second-order valence-corrected chi connectivity index (χ2v) is 7.13. The fourth-order valence-electron chi connectivity index (χ4n) is 3.79. The van der Waals surface area contributed by atoms with E-state index in [2.05, 4.69) is 39.6 Å². The summed E-state index contributed by atoms with van der Waals surface area (Å²) in [5.41, 5.74) is 1.03. The summed E-state index contributed by atoms with van der Waals surface area (Å²) in [5.74, 6) is 0.404. The van der Waals surface area contributed by atoms with Crippen molar-refractivity contribution in [1.82, 2.24) is 9.80 Å². The zero-order valence-electron chi connectivity index (χ0n) is 12.2. The van der Waals surface area contributed by atoms with Crippen molar-refractivity contribution in [3.63, 3.8) is 0 Å². The van der Waals surface area contributed by atoms with Crippen LogP contribution in [0.3, 0.4) is 0 Å². The highest BCUT2D eigenvalue weighted by Crippen LogP contribution is 2.35. The minimum atomic E-state index is 0.255. The van der Waals surface area contributed by atoms with Crippen molar-refractivity contribution in [2.24, 2.45) is 0 Å². The van der Waals surface area contributed by atoms with Crippen molar-refractivity contribution in [2.45, 2.75) is 44.8 Å². The van der Waals surface area contributed by atoms with Crippen LogP contribution in [0.1, 0.15) is 38.3 Å². The maximum atomic E-state index is 10.2. The number of nitrogens with zero attached hydrogens (tertiary/aromatic N) is 2. The minimum Gasteiger partial charge on any atom is -0.508 e. The summed E-state index contributed by atoms with van der Waals surface area (Å²) in [6, 6.07) is 7.23. The van der Waals surface area contributed by atoms with Gasteiger partial charge in [0.25, 0.3) is 0 Å². The third-order valence-electron chi connectivity index (χ3n) is 4.92. The Morgan fingerprint density at radius 3 is 2.95 bits per heavy atom. The molecule has 0 saturated carbocycles. The standard InChI is InChI=1S/C16H23BrN2O/c1-11-9-18-7-3-4-14(18)10-19(11)12(2)15-8-13(17)5-6-16(15)20/h5-6,8,11-12,14,20H,3-4,7,9-10H2,1-2H3. The average Bonchev–Trinajstić information content (AvgIpc) is 2.87. The Kier molecular flexibility index (Phi) is 4.07. The van der Waals surface area contributed by atoms with E-state index in [1.54, 1.807) is 6.07 Å². The summed E-state index contributed by atoms with van der Waals surface area (Å²) in [6.45, 7) is 8.06. The first-order chi connectivity index (χ1) is 9.56. The van der Waals surface area contributed by atoms with Crippen molar-refractivity contribution in [3.8, 4) is 5.75 Å². The number of rotatable bonds is 2. The number of hydrogen-bond acceptors (Lipinski definition) is 3. The van der Waals surface area contributed by atoms with Gasteiger partial charge in [-0.15, -0.1) is 0 Å². The molecule has 1 aromatic rings. The van der Waals surface area contributed by atoms with Gasteiger partial charge in [-0.2, -0.15) is 0 Å². The number of halogens is 1. The van der Waals surface area contributed by atoms with E-state index in [1.165, 1.54) is 19.4 Å². The number of aromatic hydroxyl groups is 1. The molecule has 0 spiro atoms. The molecule has 3 atom stereocenters. The van der Waals surface area contributed by atoms with Gasteiger partial charge in [-0.3, -0.25) is 9.80 Å². The number of phenols is 1. The van der Waals surface area contributed by atoms with Gasteiger partial charge in [0.2, 0.25) is 0 Å². The molecule has 0 aliphatic carbocycles. The molecule has 3 unspecified atom stereocenters. The molecule has 3 rings (SSSR count). The quantitative estimate of drug-likeness (QED) is 0.895. The Hall–Kier alpha value is -0.580. The molecule has 2 aliphatic heterocycles. The summed E-state index contributed by atoms with van der Waals surface area (Å²) in [6.07, 6.45) is 2.65. The van der Waals surface area contributed by atoms with Gasteiger partial charge in [-0.05, 0) is 51.4 Å². The lowest BCUT2D eigenvalue weighted by Crippen LogP contribution is -2.55. The number of fused-ring (bicyclic) bond motifs is 1. The van der Waals surface area contributed by atoms with Gasteiger partial charge in [0.15, 0.2) is 0 Å². The van der Waals surface area contributed by atoms with Gasteiger partial charge < -0.3 is 5.11 Å². The molecule has 2 heterocycles. The predicted molar refractivity (Wildman–Crippen MR) is 85.0 cm³/mol. The van der Waals surface area contributed by atoms with E-state index in [4.69, 9.17) is 0 Å². The first-order valence-corrected chi connectivity index (χ1v) is 8.34. The minimum absolute atomic E-state index is 0.255. The van der Waals surface area contributed by atoms with Crippen LogP contribution in [0.4, 0.5) is 0 Å². The van der Waals surface area contributed by atoms with Crippen LogP contribution in [0.15, 0.2) is 22.7 Å². The van der Waals surface area contributed by atoms with Crippen molar-refractivity contribution < 1.29 is 5.11 Å². The fraction of sp³-hybridized carbons (Fsp3) is 0.625. The maximum Gasteiger partial charge on any atom is 0.120 e. The second-order valence-electron chi connectivity index (χ2n) is 6.22. The first-order valence-electron chi connectivity index (χ1n) is 7.54. The lowest BCUT2D eigenvalue weighted by molar-refractivity contribution is 0.0319. The van der Waals surface area contributed by atoms with E-state index < -0.39 is 0 Å². The SMILES string of the molecule is CC1CN2CCCC2CN1C(C)c1cc(Br)ccc1O. The van der Waals surface area contributed by atoms with Gasteiger partial charge in [-0.25, -0.2) is 0 Å². The first kappa shape index (κ1) is 14.4. The topological polar surface area (TPSA) is 26.7 Å². The van der Waals surface area contributed by atoms with Crippen molar-refractivity contribution in [3.05, 3.63) is 28.2 Å². The molecule has 0 radical (unpaired) electrons. The van der Waals surface area contributed by atoms with Gasteiger partial charge in [-0.1, -0.05) is 15.9 Å². The highest BCUT2D eigenvalue weighted by molar-refractivity contribution is 9.10. The summed E-state index contributed by atoms with van der Waals surface area (Å²) >= 11 is 3.51. The molecule has 0 aromatic heterocycles. The van der Waals surface area contributed by atoms with E-state index >= 15 is 0 Å². The monoisotopic (exact) mass is 338 g/mol. The van der Waals surface area contributed by atoms with Gasteiger partial charge >= 0.3 is 0 Å². The molecule has 1 aromatic carbocycles. The van der Waals surface area contributed by atoms with Crippen molar-refractivity contribution in [2.75, 3.05) is 19.6 Å². The molecule has 3 nitrogen and oxygen atoms in total. The van der Waals surface area contributed by atoms with Crippen LogP contribution in [0.5, 0.6) is 5.75 Å². The second kappa shape index (κ2) is 5.66. The Morgan fingerprint density at radius 2 is 2.15 bits per heavy atom. The number of piperazine rings is 1. The van der Waals surface area contributed by atoms with E-state index in [1.807, 2.05) is 12.1 Å². The van der Waals surface area contributed by atoms with E-state index in [-0.39, 0.29) is 6.04 Å². The molecule has 2 aliphatic rings. The van der Waals surface area contributed by atoms with Crippen LogP contribution in [0.2, 0.25) is 0 Å². The molecule has 2 fully saturated rings. The number of phenolic OH excluding ortho intramolecular Hbond substituents is 1. The fourth-order valence-corrected chi connectivity index (χ4v) is 4.17. The lowest BCUT2D eigenvalue weighted by Gasteiger charge is -2.45. The van der Waals surface area contributed by atoms with Crippen LogP contribution < -0.4 is 0 Å². The van der Waals surface area contributed by atoms with Crippen LogP contribution in [-0.4, -0.2) is 46.6 Å². The molecule has 0 bridgehead atoms. The molecular weight excluding hydrogens is 316 g/mol. The highest BCUT2D eigenvalue weighted by atomic mass is 79.9. The summed E-state index contributed by atoms with van der Waals surface area (Å²) in [4.78, 5) is 5.18. The highest BCUT2D eigenvalue weighted by Gasteiger charge is 2.36. The summed E-state index contributed by atoms with van der Waals surface area (Å²) < 4.78 is 1.03. The third-order valence-corrected chi connectivity index (χ3v) is 5.42. The molecule has 110 valence electrons. The Bertz CT molecular complexity index is 493. The zero-order chi connectivity index (χ0) is 14.3. The van der Waals surface area contributed by atoms with E-state index in [0.717, 1.165) is 23.1 Å². The van der Waals surface area contributed by atoms with Crippen LogP contribution in [0.25, 0.3) is 0 Å². The molecular formula is C16H23BrN2O. The van der Waals surface area contributed by atoms with Gasteiger partial charge in [0.05, 0.1) is 0 Å². The normalized spacial score (nSPS) is 29.4. The van der Waals surface area contributed by atoms with Gasteiger partial charge in [0.1, 0.15) is 5.75 Å². The van der Waals surface area contributed by atoms with Crippen molar-refractivity contribution in [1.29, 1.82) is 0 Å². The van der Waals surface area contributed by atoms with Crippen LogP contribution >= 0.6 is 15.9 Å². The van der Waals surface area contributed by atoms with Gasteiger partial charge in [0, 0.05) is 41.3 Å². The Labute approximate surface area is 129 Å². The predicted octanol–water partition coefficient (Wildman–Crippen LogP) is 3.38. The third kappa shape index (κ3) is 2.61.